The van der Waals surface area contributed by atoms with Gasteiger partial charge in [-0.05, 0) is 0 Å². The second-order valence-electron chi connectivity index (χ2n) is 3.21. The lowest BCUT2D eigenvalue weighted by Gasteiger charge is -2.27. The van der Waals surface area contributed by atoms with E-state index < -0.39 is 5.97 Å². The number of carbonyl (C=O) groups is 1. The molecular weight excluding hydrogens is 184 g/mol. The van der Waals surface area contributed by atoms with Gasteiger partial charge in [-0.1, -0.05) is 0 Å². The van der Waals surface area contributed by atoms with E-state index in [4.69, 9.17) is 9.52 Å². The van der Waals surface area contributed by atoms with Crippen molar-refractivity contribution in [1.29, 1.82) is 0 Å². The minimum absolute atomic E-state index is 0.00136. The molecule has 0 spiro atoms. The van der Waals surface area contributed by atoms with Crippen LogP contribution in [0.4, 0.5) is 5.69 Å². The molecule has 1 fully saturated rings. The summed E-state index contributed by atoms with van der Waals surface area (Å²) in [6, 6.07) is 1.56. The van der Waals surface area contributed by atoms with Gasteiger partial charge in [0.25, 0.3) is 0 Å². The van der Waals surface area contributed by atoms with Crippen LogP contribution in [0.15, 0.2) is 16.7 Å². The van der Waals surface area contributed by atoms with Crippen LogP contribution in [-0.4, -0.2) is 37.3 Å². The average Bonchev–Trinajstić information content (AvgIpc) is 2.68. The first-order chi connectivity index (χ1) is 6.77. The van der Waals surface area contributed by atoms with Gasteiger partial charge in [-0.2, -0.15) is 0 Å². The third-order valence-corrected chi connectivity index (χ3v) is 2.28. The summed E-state index contributed by atoms with van der Waals surface area (Å²) in [6.45, 7) is 3.62. The van der Waals surface area contributed by atoms with Crippen molar-refractivity contribution in [1.82, 2.24) is 5.32 Å². The van der Waals surface area contributed by atoms with E-state index in [9.17, 15) is 4.79 Å². The monoisotopic (exact) mass is 196 g/mol. The molecule has 0 radical (unpaired) electrons. The molecule has 0 saturated carbocycles. The van der Waals surface area contributed by atoms with Gasteiger partial charge < -0.3 is 19.7 Å². The van der Waals surface area contributed by atoms with E-state index in [-0.39, 0.29) is 5.76 Å². The lowest BCUT2D eigenvalue weighted by atomic mass is 10.3. The smallest absolute Gasteiger partial charge is 0.371 e. The predicted octanol–water partition coefficient (Wildman–Crippen LogP) is 0.387. The molecule has 1 aromatic heterocycles. The highest BCUT2D eigenvalue weighted by atomic mass is 16.4. The fourth-order valence-corrected chi connectivity index (χ4v) is 1.53. The topological polar surface area (TPSA) is 65.7 Å². The van der Waals surface area contributed by atoms with E-state index in [1.165, 1.54) is 6.26 Å². The molecule has 0 amide bonds. The van der Waals surface area contributed by atoms with E-state index in [2.05, 4.69) is 10.2 Å². The maximum absolute atomic E-state index is 10.6. The summed E-state index contributed by atoms with van der Waals surface area (Å²) in [4.78, 5) is 12.7. The molecule has 0 unspecified atom stereocenters. The maximum atomic E-state index is 10.6. The average molecular weight is 196 g/mol. The lowest BCUT2D eigenvalue weighted by molar-refractivity contribution is 0.0662. The minimum atomic E-state index is -1.02. The molecule has 1 saturated heterocycles. The number of nitrogens with one attached hydrogen (secondary N) is 1. The highest BCUT2D eigenvalue weighted by Gasteiger charge is 2.15. The summed E-state index contributed by atoms with van der Waals surface area (Å²) < 4.78 is 4.92. The zero-order valence-electron chi connectivity index (χ0n) is 7.69. The van der Waals surface area contributed by atoms with Crippen molar-refractivity contribution in [2.75, 3.05) is 31.1 Å². The van der Waals surface area contributed by atoms with Crippen LogP contribution in [0.5, 0.6) is 0 Å². The number of furan rings is 1. The van der Waals surface area contributed by atoms with Crippen molar-refractivity contribution in [2.24, 2.45) is 0 Å². The van der Waals surface area contributed by atoms with E-state index in [1.807, 2.05) is 0 Å². The fourth-order valence-electron chi connectivity index (χ4n) is 1.53. The van der Waals surface area contributed by atoms with Gasteiger partial charge in [0, 0.05) is 32.2 Å². The number of aromatic carboxylic acids is 1. The molecule has 0 bridgehead atoms. The third kappa shape index (κ3) is 1.72. The highest BCUT2D eigenvalue weighted by Crippen LogP contribution is 2.18. The Kier molecular flexibility index (Phi) is 2.41. The molecule has 14 heavy (non-hydrogen) atoms. The van der Waals surface area contributed by atoms with Crippen molar-refractivity contribution in [2.45, 2.75) is 0 Å². The van der Waals surface area contributed by atoms with Crippen molar-refractivity contribution >= 4 is 11.7 Å². The highest BCUT2D eigenvalue weighted by molar-refractivity contribution is 5.85. The molecule has 2 heterocycles. The van der Waals surface area contributed by atoms with Gasteiger partial charge in [0.05, 0.1) is 5.69 Å². The summed E-state index contributed by atoms with van der Waals surface area (Å²) in [6.07, 6.45) is 1.49. The van der Waals surface area contributed by atoms with Crippen molar-refractivity contribution in [3.05, 3.63) is 18.1 Å². The second-order valence-corrected chi connectivity index (χ2v) is 3.21. The Labute approximate surface area is 81.3 Å². The van der Waals surface area contributed by atoms with Gasteiger partial charge >= 0.3 is 5.97 Å². The molecule has 0 aliphatic carbocycles. The Bertz CT molecular complexity index is 329. The summed E-state index contributed by atoms with van der Waals surface area (Å²) in [5, 5.41) is 11.9. The van der Waals surface area contributed by atoms with Gasteiger partial charge in [0.15, 0.2) is 0 Å². The standard InChI is InChI=1S/C9H12N2O3/c12-9(13)8-5-7(6-14-8)11-3-1-10-2-4-11/h5-6,10H,1-4H2,(H,12,13). The molecule has 5 heteroatoms. The van der Waals surface area contributed by atoms with Crippen LogP contribution in [-0.2, 0) is 0 Å². The first-order valence-electron chi connectivity index (χ1n) is 4.55. The first-order valence-corrected chi connectivity index (χ1v) is 4.55. The molecular formula is C9H12N2O3. The van der Waals surface area contributed by atoms with Crippen LogP contribution < -0.4 is 10.2 Å². The largest absolute Gasteiger partial charge is 0.475 e. The van der Waals surface area contributed by atoms with Crippen LogP contribution in [0.3, 0.4) is 0 Å². The van der Waals surface area contributed by atoms with Crippen LogP contribution >= 0.6 is 0 Å². The molecule has 5 nitrogen and oxygen atoms in total. The Morgan fingerprint density at radius 2 is 2.21 bits per heavy atom. The number of carboxylic acids is 1. The number of hydrogen-bond acceptors (Lipinski definition) is 4. The Morgan fingerprint density at radius 1 is 1.50 bits per heavy atom. The van der Waals surface area contributed by atoms with Gasteiger partial charge in [-0.15, -0.1) is 0 Å². The van der Waals surface area contributed by atoms with Gasteiger partial charge in [-0.3, -0.25) is 0 Å². The van der Waals surface area contributed by atoms with Crippen molar-refractivity contribution < 1.29 is 14.3 Å². The van der Waals surface area contributed by atoms with Crippen LogP contribution in [0.1, 0.15) is 10.6 Å². The number of nitrogens with zero attached hydrogens (tertiary/aromatic N) is 1. The quantitative estimate of drug-likeness (QED) is 0.716. The number of piperazine rings is 1. The summed E-state index contributed by atoms with van der Waals surface area (Å²) in [5.41, 5.74) is 0.851. The number of carboxylic acid groups (broad SMARTS) is 1. The molecule has 2 N–H and O–H groups in total. The minimum Gasteiger partial charge on any atom is -0.475 e. The molecule has 1 aromatic rings. The third-order valence-electron chi connectivity index (χ3n) is 2.28. The SMILES string of the molecule is O=C(O)c1cc(N2CCNCC2)co1. The lowest BCUT2D eigenvalue weighted by Crippen LogP contribution is -2.43. The first kappa shape index (κ1) is 9.08. The van der Waals surface area contributed by atoms with Crippen LogP contribution in [0, 0.1) is 0 Å². The predicted molar refractivity (Wildman–Crippen MR) is 50.8 cm³/mol. The Morgan fingerprint density at radius 3 is 2.79 bits per heavy atom. The molecule has 2 rings (SSSR count). The molecule has 0 atom stereocenters. The van der Waals surface area contributed by atoms with Crippen molar-refractivity contribution in [3.63, 3.8) is 0 Å². The van der Waals surface area contributed by atoms with Gasteiger partial charge in [-0.25, -0.2) is 4.79 Å². The Balaban J connectivity index is 2.11. The number of hydrogen-bond donors (Lipinski definition) is 2. The van der Waals surface area contributed by atoms with E-state index >= 15 is 0 Å². The normalized spacial score (nSPS) is 17.0. The van der Waals surface area contributed by atoms with Gasteiger partial charge in [0.1, 0.15) is 6.26 Å². The van der Waals surface area contributed by atoms with Crippen LogP contribution in [0.2, 0.25) is 0 Å². The number of anilines is 1. The summed E-state index contributed by atoms with van der Waals surface area (Å²) >= 11 is 0. The molecule has 1 aliphatic heterocycles. The Hall–Kier alpha value is -1.49. The fraction of sp³-hybridized carbons (Fsp3) is 0.444. The molecule has 1 aliphatic rings. The zero-order chi connectivity index (χ0) is 9.97. The van der Waals surface area contributed by atoms with Gasteiger partial charge in [0.2, 0.25) is 5.76 Å². The summed E-state index contributed by atoms with van der Waals surface area (Å²) in [7, 11) is 0. The van der Waals surface area contributed by atoms with Crippen LogP contribution in [0.25, 0.3) is 0 Å². The molecule has 0 aromatic carbocycles. The van der Waals surface area contributed by atoms with E-state index in [0.717, 1.165) is 31.9 Å². The summed E-state index contributed by atoms with van der Waals surface area (Å²) in [5.74, 6) is -1.02. The molecule has 76 valence electrons. The number of rotatable bonds is 2. The maximum Gasteiger partial charge on any atom is 0.371 e. The second kappa shape index (κ2) is 3.71. The van der Waals surface area contributed by atoms with E-state index in [1.54, 1.807) is 6.07 Å². The zero-order valence-corrected chi connectivity index (χ0v) is 7.69. The van der Waals surface area contributed by atoms with E-state index in [0.29, 0.717) is 0 Å². The van der Waals surface area contributed by atoms with Crippen molar-refractivity contribution in [3.8, 4) is 0 Å².